The molecule has 94 valence electrons. The van der Waals surface area contributed by atoms with Crippen LogP contribution < -0.4 is 5.32 Å². The maximum Gasteiger partial charge on any atom is 0.417 e. The molecule has 0 amide bonds. The summed E-state index contributed by atoms with van der Waals surface area (Å²) in [6.07, 6.45) is -1.22. The first-order valence-electron chi connectivity index (χ1n) is 5.58. The predicted octanol–water partition coefficient (Wildman–Crippen LogP) is 4.17. The van der Waals surface area contributed by atoms with E-state index in [1.165, 1.54) is 12.1 Å². The second-order valence-electron chi connectivity index (χ2n) is 4.24. The number of alkyl halides is 3. The van der Waals surface area contributed by atoms with Gasteiger partial charge < -0.3 is 5.32 Å². The predicted molar refractivity (Wildman–Crippen MR) is 61.0 cm³/mol. The smallest absolute Gasteiger partial charge is 0.310 e. The van der Waals surface area contributed by atoms with Gasteiger partial charge in [-0.2, -0.15) is 13.2 Å². The molecule has 1 fully saturated rings. The Hall–Kier alpha value is -0.740. The minimum Gasteiger partial charge on any atom is -0.310 e. The molecule has 0 radical (unpaired) electrons. The van der Waals surface area contributed by atoms with Gasteiger partial charge in [-0.15, -0.1) is 0 Å². The highest BCUT2D eigenvalue weighted by molar-refractivity contribution is 6.31. The number of piperidine rings is 1. The van der Waals surface area contributed by atoms with E-state index in [1.807, 2.05) is 0 Å². The Morgan fingerprint density at radius 2 is 2.00 bits per heavy atom. The highest BCUT2D eigenvalue weighted by Crippen LogP contribution is 2.36. The summed E-state index contributed by atoms with van der Waals surface area (Å²) in [7, 11) is 0. The molecule has 1 aromatic carbocycles. The van der Waals surface area contributed by atoms with E-state index in [1.54, 1.807) is 0 Å². The summed E-state index contributed by atoms with van der Waals surface area (Å²) in [4.78, 5) is 0. The molecule has 0 aromatic heterocycles. The molecular weight excluding hydrogens is 251 g/mol. The minimum absolute atomic E-state index is 0.128. The van der Waals surface area contributed by atoms with Crippen molar-refractivity contribution in [1.29, 1.82) is 0 Å². The Morgan fingerprint density at radius 1 is 1.24 bits per heavy atom. The molecule has 1 N–H and O–H groups in total. The quantitative estimate of drug-likeness (QED) is 0.802. The van der Waals surface area contributed by atoms with Crippen LogP contribution in [0.15, 0.2) is 18.2 Å². The molecule has 1 aliphatic heterocycles. The summed E-state index contributed by atoms with van der Waals surface area (Å²) >= 11 is 5.69. The largest absolute Gasteiger partial charge is 0.417 e. The Balaban J connectivity index is 2.24. The molecule has 0 aliphatic carbocycles. The minimum atomic E-state index is -4.38. The molecule has 1 aromatic rings. The van der Waals surface area contributed by atoms with E-state index in [0.717, 1.165) is 37.4 Å². The third-order valence-electron chi connectivity index (χ3n) is 3.01. The molecule has 0 bridgehead atoms. The van der Waals surface area contributed by atoms with Crippen molar-refractivity contribution in [1.82, 2.24) is 5.32 Å². The normalized spacial score (nSPS) is 21.5. The fourth-order valence-electron chi connectivity index (χ4n) is 2.11. The van der Waals surface area contributed by atoms with Crippen molar-refractivity contribution in [3.63, 3.8) is 0 Å². The standard InChI is InChI=1S/C12H13ClF3N/c13-10-7-8(11-3-1-2-6-17-11)4-5-9(10)12(14,15)16/h4-5,7,11,17H,1-3,6H2/t11-/m0/s1. The van der Waals surface area contributed by atoms with Crippen LogP contribution in [0.5, 0.6) is 0 Å². The highest BCUT2D eigenvalue weighted by Gasteiger charge is 2.33. The van der Waals surface area contributed by atoms with Crippen LogP contribution in [0, 0.1) is 0 Å². The molecule has 0 spiro atoms. The average Bonchev–Trinajstić information content (AvgIpc) is 2.28. The topological polar surface area (TPSA) is 12.0 Å². The first-order chi connectivity index (χ1) is 7.98. The number of halogens is 4. The molecule has 1 nitrogen and oxygen atoms in total. The van der Waals surface area contributed by atoms with Crippen molar-refractivity contribution in [2.75, 3.05) is 6.54 Å². The van der Waals surface area contributed by atoms with E-state index in [4.69, 9.17) is 11.6 Å². The lowest BCUT2D eigenvalue weighted by Gasteiger charge is -2.24. The monoisotopic (exact) mass is 263 g/mol. The van der Waals surface area contributed by atoms with Crippen molar-refractivity contribution >= 4 is 11.6 Å². The number of nitrogens with one attached hydrogen (secondary N) is 1. The van der Waals surface area contributed by atoms with E-state index in [-0.39, 0.29) is 11.1 Å². The van der Waals surface area contributed by atoms with E-state index in [2.05, 4.69) is 5.32 Å². The Morgan fingerprint density at radius 3 is 2.53 bits per heavy atom. The molecule has 0 unspecified atom stereocenters. The van der Waals surface area contributed by atoms with Gasteiger partial charge in [0.1, 0.15) is 0 Å². The second-order valence-corrected chi connectivity index (χ2v) is 4.65. The van der Waals surface area contributed by atoms with Crippen LogP contribution in [0.4, 0.5) is 13.2 Å². The van der Waals surface area contributed by atoms with Gasteiger partial charge >= 0.3 is 6.18 Å². The van der Waals surface area contributed by atoms with Gasteiger partial charge in [-0.05, 0) is 37.1 Å². The van der Waals surface area contributed by atoms with E-state index < -0.39 is 11.7 Å². The van der Waals surface area contributed by atoms with E-state index in [0.29, 0.717) is 0 Å². The third-order valence-corrected chi connectivity index (χ3v) is 3.32. The molecule has 0 saturated carbocycles. The van der Waals surface area contributed by atoms with Crippen LogP contribution in [0.2, 0.25) is 5.02 Å². The van der Waals surface area contributed by atoms with E-state index >= 15 is 0 Å². The van der Waals surface area contributed by atoms with Crippen molar-refractivity contribution in [3.05, 3.63) is 34.3 Å². The van der Waals surface area contributed by atoms with Gasteiger partial charge in [0.05, 0.1) is 10.6 Å². The van der Waals surface area contributed by atoms with Crippen LogP contribution in [-0.4, -0.2) is 6.54 Å². The zero-order valence-electron chi connectivity index (χ0n) is 9.15. The summed E-state index contributed by atoms with van der Waals surface area (Å²) in [5.74, 6) is 0. The number of benzene rings is 1. The Kier molecular flexibility index (Phi) is 3.64. The first kappa shape index (κ1) is 12.7. The van der Waals surface area contributed by atoms with Crippen molar-refractivity contribution in [2.24, 2.45) is 0 Å². The molecule has 17 heavy (non-hydrogen) atoms. The maximum atomic E-state index is 12.5. The number of hydrogen-bond acceptors (Lipinski definition) is 1. The van der Waals surface area contributed by atoms with Gasteiger partial charge in [-0.1, -0.05) is 24.1 Å². The lowest BCUT2D eigenvalue weighted by molar-refractivity contribution is -0.137. The molecule has 1 saturated heterocycles. The van der Waals surface area contributed by atoms with Crippen LogP contribution in [0.25, 0.3) is 0 Å². The Labute approximate surface area is 103 Å². The zero-order chi connectivity index (χ0) is 12.5. The molecule has 1 aliphatic rings. The summed E-state index contributed by atoms with van der Waals surface area (Å²) in [5.41, 5.74) is 0.0708. The van der Waals surface area contributed by atoms with E-state index in [9.17, 15) is 13.2 Å². The molecule has 1 heterocycles. The summed E-state index contributed by atoms with van der Waals surface area (Å²) < 4.78 is 37.6. The summed E-state index contributed by atoms with van der Waals surface area (Å²) in [5, 5.41) is 3.06. The zero-order valence-corrected chi connectivity index (χ0v) is 9.91. The number of hydrogen-bond donors (Lipinski definition) is 1. The lowest BCUT2D eigenvalue weighted by Crippen LogP contribution is -2.26. The van der Waals surface area contributed by atoms with Crippen LogP contribution in [-0.2, 0) is 6.18 Å². The van der Waals surface area contributed by atoms with Crippen molar-refractivity contribution in [3.8, 4) is 0 Å². The summed E-state index contributed by atoms with van der Waals surface area (Å²) in [6, 6.07) is 4.13. The third kappa shape index (κ3) is 2.93. The second kappa shape index (κ2) is 4.86. The maximum absolute atomic E-state index is 12.5. The average molecular weight is 264 g/mol. The highest BCUT2D eigenvalue weighted by atomic mass is 35.5. The van der Waals surface area contributed by atoms with Gasteiger partial charge in [0, 0.05) is 6.04 Å². The van der Waals surface area contributed by atoms with Crippen molar-refractivity contribution < 1.29 is 13.2 Å². The fraction of sp³-hybridized carbons (Fsp3) is 0.500. The molecular formula is C12H13ClF3N. The summed E-state index contributed by atoms with van der Waals surface area (Å²) in [6.45, 7) is 0.906. The van der Waals surface area contributed by atoms with Gasteiger partial charge in [0.2, 0.25) is 0 Å². The fourth-order valence-corrected chi connectivity index (χ4v) is 2.41. The molecule has 1 atom stereocenters. The van der Waals surface area contributed by atoms with Crippen molar-refractivity contribution in [2.45, 2.75) is 31.5 Å². The van der Waals surface area contributed by atoms with Crippen LogP contribution >= 0.6 is 11.6 Å². The molecule has 5 heteroatoms. The molecule has 2 rings (SSSR count). The Bertz CT molecular complexity index is 397. The van der Waals surface area contributed by atoms with Gasteiger partial charge in [-0.3, -0.25) is 0 Å². The number of rotatable bonds is 1. The van der Waals surface area contributed by atoms with Gasteiger partial charge in [0.15, 0.2) is 0 Å². The lowest BCUT2D eigenvalue weighted by atomic mass is 9.96. The van der Waals surface area contributed by atoms with Gasteiger partial charge in [-0.25, -0.2) is 0 Å². The first-order valence-corrected chi connectivity index (χ1v) is 5.96. The SMILES string of the molecule is FC(F)(F)c1ccc([C@@H]2CCCCN2)cc1Cl. The van der Waals surface area contributed by atoms with Crippen LogP contribution in [0.1, 0.15) is 36.4 Å². The van der Waals surface area contributed by atoms with Gasteiger partial charge in [0.25, 0.3) is 0 Å². The van der Waals surface area contributed by atoms with Crippen LogP contribution in [0.3, 0.4) is 0 Å².